The summed E-state index contributed by atoms with van der Waals surface area (Å²) in [5.74, 6) is -0.444. The second-order valence-electron chi connectivity index (χ2n) is 7.54. The molecule has 8 heteroatoms. The van der Waals surface area contributed by atoms with Gasteiger partial charge in [0.15, 0.2) is 0 Å². The first-order valence-electron chi connectivity index (χ1n) is 10.5. The molecule has 0 radical (unpaired) electrons. The minimum atomic E-state index is -0.461. The third kappa shape index (κ3) is 7.11. The molecule has 0 atom stereocenters. The van der Waals surface area contributed by atoms with E-state index in [0.717, 1.165) is 11.3 Å². The van der Waals surface area contributed by atoms with E-state index in [0.29, 0.717) is 38.2 Å². The number of hydrogen-bond donors (Lipinski definition) is 0. The molecule has 0 N–H and O–H groups in total. The topological polar surface area (TPSA) is 77.6 Å². The van der Waals surface area contributed by atoms with E-state index in [4.69, 9.17) is 4.74 Å². The zero-order chi connectivity index (χ0) is 23.6. The molecule has 172 valence electrons. The number of hydrogen-bond acceptors (Lipinski definition) is 4. The molecule has 0 saturated heterocycles. The first kappa shape index (κ1) is 23.9. The van der Waals surface area contributed by atoms with E-state index in [2.05, 4.69) is 0 Å². The van der Waals surface area contributed by atoms with Crippen molar-refractivity contribution in [1.29, 1.82) is 0 Å². The first-order valence-corrected chi connectivity index (χ1v) is 10.5. The van der Waals surface area contributed by atoms with Gasteiger partial charge in [0.2, 0.25) is 5.91 Å². The molecule has 0 aliphatic carbocycles. The molecule has 33 heavy (non-hydrogen) atoms. The highest BCUT2D eigenvalue weighted by Gasteiger charge is 2.14. The molecule has 0 unspecified atom stereocenters. The Labute approximate surface area is 191 Å². The average Bonchev–Trinajstić information content (AvgIpc) is 3.25. The number of rotatable bonds is 11. The average molecular weight is 451 g/mol. The van der Waals surface area contributed by atoms with Gasteiger partial charge in [0.05, 0.1) is 11.5 Å². The fraction of sp³-hybridized carbons (Fsp3) is 0.240. The quantitative estimate of drug-likeness (QED) is 0.184. The number of nitro benzene ring substituents is 1. The molecule has 1 aromatic heterocycles. The fourth-order valence-corrected chi connectivity index (χ4v) is 3.38. The molecule has 1 amide bonds. The maximum absolute atomic E-state index is 13.2. The van der Waals surface area contributed by atoms with Crippen molar-refractivity contribution in [1.82, 2.24) is 9.47 Å². The van der Waals surface area contributed by atoms with Gasteiger partial charge in [-0.05, 0) is 60.0 Å². The number of non-ortho nitro benzene ring substituents is 1. The molecule has 3 rings (SSSR count). The smallest absolute Gasteiger partial charge is 0.269 e. The monoisotopic (exact) mass is 451 g/mol. The molecule has 0 fully saturated rings. The van der Waals surface area contributed by atoms with Crippen molar-refractivity contribution >= 4 is 17.7 Å². The Hall–Kier alpha value is -3.78. The van der Waals surface area contributed by atoms with Crippen molar-refractivity contribution in [3.8, 4) is 0 Å². The van der Waals surface area contributed by atoms with E-state index in [-0.39, 0.29) is 17.4 Å². The number of aromatic nitrogens is 1. The number of nitro groups is 1. The van der Waals surface area contributed by atoms with Gasteiger partial charge < -0.3 is 14.2 Å². The van der Waals surface area contributed by atoms with Gasteiger partial charge in [0.1, 0.15) is 5.82 Å². The van der Waals surface area contributed by atoms with Crippen LogP contribution in [0.15, 0.2) is 72.9 Å². The van der Waals surface area contributed by atoms with Gasteiger partial charge >= 0.3 is 0 Å². The number of benzene rings is 2. The molecule has 1 heterocycles. The van der Waals surface area contributed by atoms with Gasteiger partial charge in [-0.25, -0.2) is 4.39 Å². The Kier molecular flexibility index (Phi) is 8.49. The van der Waals surface area contributed by atoms with E-state index in [9.17, 15) is 19.3 Å². The summed E-state index contributed by atoms with van der Waals surface area (Å²) in [6, 6.07) is 16.2. The molecule has 0 saturated carbocycles. The van der Waals surface area contributed by atoms with Crippen LogP contribution < -0.4 is 0 Å². The molecule has 0 spiro atoms. The number of ether oxygens (including phenoxy) is 1. The third-order valence-electron chi connectivity index (χ3n) is 5.15. The molecule has 2 aromatic carbocycles. The Bertz CT molecular complexity index is 1090. The zero-order valence-electron chi connectivity index (χ0n) is 18.4. The van der Waals surface area contributed by atoms with Crippen molar-refractivity contribution in [2.24, 2.45) is 0 Å². The molecule has 7 nitrogen and oxygen atoms in total. The summed E-state index contributed by atoms with van der Waals surface area (Å²) in [5.41, 5.74) is 2.62. The number of methoxy groups -OCH3 is 1. The summed E-state index contributed by atoms with van der Waals surface area (Å²) in [5, 5.41) is 10.8. The molecular formula is C25H26FN3O4. The summed E-state index contributed by atoms with van der Waals surface area (Å²) < 4.78 is 20.4. The van der Waals surface area contributed by atoms with Crippen molar-refractivity contribution in [2.75, 3.05) is 20.3 Å². The summed E-state index contributed by atoms with van der Waals surface area (Å²) in [6.45, 7) is 2.02. The first-order chi connectivity index (χ1) is 16.0. The lowest BCUT2D eigenvalue weighted by atomic mass is 10.2. The molecule has 0 bridgehead atoms. The SMILES string of the molecule is COCCCN(Cc1cccn1Cc1ccc(F)cc1)C(=O)C=Cc1ccc([N+](=O)[O-])cc1. The second kappa shape index (κ2) is 11.7. The van der Waals surface area contributed by atoms with Gasteiger partial charge in [0, 0.05) is 56.9 Å². The number of halogens is 1. The summed E-state index contributed by atoms with van der Waals surface area (Å²) in [4.78, 5) is 25.0. The van der Waals surface area contributed by atoms with Crippen LogP contribution in [0.3, 0.4) is 0 Å². The largest absolute Gasteiger partial charge is 0.385 e. The molecule has 0 aliphatic rings. The number of carbonyl (C=O) groups is 1. The van der Waals surface area contributed by atoms with E-state index >= 15 is 0 Å². The van der Waals surface area contributed by atoms with Crippen molar-refractivity contribution in [3.05, 3.63) is 106 Å². The molecular weight excluding hydrogens is 425 g/mol. The zero-order valence-corrected chi connectivity index (χ0v) is 18.4. The lowest BCUT2D eigenvalue weighted by Crippen LogP contribution is -2.31. The van der Waals surface area contributed by atoms with Crippen molar-refractivity contribution < 1.29 is 18.8 Å². The van der Waals surface area contributed by atoms with Gasteiger partial charge in [-0.2, -0.15) is 0 Å². The third-order valence-corrected chi connectivity index (χ3v) is 5.15. The predicted molar refractivity (Wildman–Crippen MR) is 124 cm³/mol. The Balaban J connectivity index is 1.71. The number of amides is 1. The van der Waals surface area contributed by atoms with E-state index in [1.807, 2.05) is 22.9 Å². The lowest BCUT2D eigenvalue weighted by Gasteiger charge is -2.22. The van der Waals surface area contributed by atoms with Crippen molar-refractivity contribution in [2.45, 2.75) is 19.5 Å². The molecule has 0 aliphatic heterocycles. The number of carbonyl (C=O) groups excluding carboxylic acids is 1. The van der Waals surface area contributed by atoms with Crippen LogP contribution in [0.4, 0.5) is 10.1 Å². The van der Waals surface area contributed by atoms with Crippen LogP contribution in [0.25, 0.3) is 6.08 Å². The Morgan fingerprint density at radius 2 is 1.88 bits per heavy atom. The van der Waals surface area contributed by atoms with Crippen LogP contribution in [0.2, 0.25) is 0 Å². The highest BCUT2D eigenvalue weighted by Crippen LogP contribution is 2.15. The Morgan fingerprint density at radius 1 is 1.15 bits per heavy atom. The van der Waals surface area contributed by atoms with Crippen LogP contribution >= 0.6 is 0 Å². The minimum absolute atomic E-state index is 0.00147. The maximum Gasteiger partial charge on any atom is 0.269 e. The van der Waals surface area contributed by atoms with Gasteiger partial charge in [0.25, 0.3) is 5.69 Å². The second-order valence-corrected chi connectivity index (χ2v) is 7.54. The van der Waals surface area contributed by atoms with Crippen LogP contribution in [-0.2, 0) is 22.6 Å². The van der Waals surface area contributed by atoms with Crippen LogP contribution in [0, 0.1) is 15.9 Å². The van der Waals surface area contributed by atoms with Gasteiger partial charge in [-0.15, -0.1) is 0 Å². The minimum Gasteiger partial charge on any atom is -0.385 e. The van der Waals surface area contributed by atoms with E-state index < -0.39 is 4.92 Å². The van der Waals surface area contributed by atoms with Crippen LogP contribution in [-0.4, -0.2) is 40.6 Å². The standard InChI is InChI=1S/C25H26FN3O4/c1-33-17-3-16-28(25(30)14-9-20-7-12-23(13-8-20)29(31)32)19-24-4-2-15-27(24)18-21-5-10-22(26)11-6-21/h2,4-15H,3,16-19H2,1H3. The predicted octanol–water partition coefficient (Wildman–Crippen LogP) is 4.66. The fourth-order valence-electron chi connectivity index (χ4n) is 3.38. The lowest BCUT2D eigenvalue weighted by molar-refractivity contribution is -0.384. The summed E-state index contributed by atoms with van der Waals surface area (Å²) in [6.07, 6.45) is 5.74. The van der Waals surface area contributed by atoms with E-state index in [1.54, 1.807) is 42.4 Å². The van der Waals surface area contributed by atoms with Crippen molar-refractivity contribution in [3.63, 3.8) is 0 Å². The van der Waals surface area contributed by atoms with Crippen LogP contribution in [0.5, 0.6) is 0 Å². The maximum atomic E-state index is 13.2. The van der Waals surface area contributed by atoms with Crippen LogP contribution in [0.1, 0.15) is 23.2 Å². The number of nitrogens with zero attached hydrogens (tertiary/aromatic N) is 3. The molecule has 3 aromatic rings. The van der Waals surface area contributed by atoms with Gasteiger partial charge in [-0.1, -0.05) is 12.1 Å². The highest BCUT2D eigenvalue weighted by atomic mass is 19.1. The highest BCUT2D eigenvalue weighted by molar-refractivity contribution is 5.91. The van der Waals surface area contributed by atoms with Gasteiger partial charge in [-0.3, -0.25) is 14.9 Å². The summed E-state index contributed by atoms with van der Waals surface area (Å²) in [7, 11) is 1.62. The summed E-state index contributed by atoms with van der Waals surface area (Å²) >= 11 is 0. The normalized spacial score (nSPS) is 11.1. The van der Waals surface area contributed by atoms with E-state index in [1.165, 1.54) is 30.3 Å². The Morgan fingerprint density at radius 3 is 2.55 bits per heavy atom.